The summed E-state index contributed by atoms with van der Waals surface area (Å²) in [7, 11) is 0. The Balaban J connectivity index is 1.45. The van der Waals surface area contributed by atoms with E-state index in [4.69, 9.17) is 0 Å². The van der Waals surface area contributed by atoms with Crippen molar-refractivity contribution in [2.45, 2.75) is 71.8 Å². The maximum absolute atomic E-state index is 11.8. The zero-order valence-corrected chi connectivity index (χ0v) is 23.1. The summed E-state index contributed by atoms with van der Waals surface area (Å²) in [5.41, 5.74) is 3.80. The lowest BCUT2D eigenvalue weighted by molar-refractivity contribution is -0.489. The van der Waals surface area contributed by atoms with E-state index in [0.29, 0.717) is 17.5 Å². The molecule has 0 aliphatic heterocycles. The van der Waals surface area contributed by atoms with E-state index in [-0.39, 0.29) is 51.8 Å². The Morgan fingerprint density at radius 1 is 1.10 bits per heavy atom. The van der Waals surface area contributed by atoms with E-state index in [9.17, 15) is 35.4 Å². The van der Waals surface area contributed by atoms with E-state index in [0.717, 1.165) is 51.0 Å². The number of fused-ring (bicyclic) bond motifs is 5. The Hall–Kier alpha value is -3.41. The molecule has 1 aromatic rings. The fourth-order valence-electron chi connectivity index (χ4n) is 9.11. The Bertz CT molecular complexity index is 1300. The average molecular weight is 556 g/mol. The van der Waals surface area contributed by atoms with Gasteiger partial charge in [0.15, 0.2) is 0 Å². The number of hydrazone groups is 1. The second kappa shape index (κ2) is 10.2. The van der Waals surface area contributed by atoms with E-state index in [1.165, 1.54) is 17.7 Å². The summed E-state index contributed by atoms with van der Waals surface area (Å²) in [6.45, 7) is 6.24. The summed E-state index contributed by atoms with van der Waals surface area (Å²) in [5.74, 6) is 0.763. The maximum atomic E-state index is 11.8. The van der Waals surface area contributed by atoms with Gasteiger partial charge in [0.05, 0.1) is 22.0 Å². The van der Waals surface area contributed by atoms with Crippen LogP contribution in [0.4, 0.5) is 17.1 Å². The Kier molecular flexibility index (Phi) is 7.18. The van der Waals surface area contributed by atoms with Gasteiger partial charge in [-0.15, -0.1) is 0 Å². The van der Waals surface area contributed by atoms with Crippen LogP contribution in [-0.4, -0.2) is 38.2 Å². The van der Waals surface area contributed by atoms with Crippen LogP contribution in [0.3, 0.4) is 0 Å². The zero-order chi connectivity index (χ0) is 29.0. The van der Waals surface area contributed by atoms with Crippen LogP contribution in [0, 0.1) is 70.8 Å². The van der Waals surface area contributed by atoms with Crippen molar-refractivity contribution in [2.75, 3.05) is 12.0 Å². The minimum absolute atomic E-state index is 0.0292. The number of aliphatic hydroxyl groups is 1. The minimum atomic E-state index is -0.695. The van der Waals surface area contributed by atoms with Crippen LogP contribution in [0.15, 0.2) is 34.9 Å². The minimum Gasteiger partial charge on any atom is -0.393 e. The number of non-ortho nitro benzene ring substituents is 1. The first kappa shape index (κ1) is 28.1. The van der Waals surface area contributed by atoms with Gasteiger partial charge in [-0.3, -0.25) is 35.8 Å². The van der Waals surface area contributed by atoms with Crippen molar-refractivity contribution in [3.63, 3.8) is 0 Å². The van der Waals surface area contributed by atoms with E-state index in [1.807, 2.05) is 6.92 Å². The normalized spacial score (nSPS) is 37.0. The number of nitro groups is 3. The van der Waals surface area contributed by atoms with Crippen LogP contribution < -0.4 is 5.43 Å². The number of anilines is 1. The molecule has 8 atom stereocenters. The van der Waals surface area contributed by atoms with Crippen molar-refractivity contribution in [3.05, 3.63) is 60.2 Å². The molecule has 0 amide bonds. The van der Waals surface area contributed by atoms with Gasteiger partial charge in [0.2, 0.25) is 6.54 Å². The summed E-state index contributed by atoms with van der Waals surface area (Å²) in [4.78, 5) is 32.8. The third-order valence-corrected chi connectivity index (χ3v) is 10.8. The van der Waals surface area contributed by atoms with Crippen molar-refractivity contribution in [1.82, 2.24) is 0 Å². The summed E-state index contributed by atoms with van der Waals surface area (Å²) in [6.07, 6.45) is 8.14. The number of allylic oxidation sites excluding steroid dienone is 1. The highest BCUT2D eigenvalue weighted by molar-refractivity contribution is 5.87. The van der Waals surface area contributed by atoms with Crippen LogP contribution in [-0.2, 0) is 0 Å². The fraction of sp³-hybridized carbons (Fsp3) is 0.679. The van der Waals surface area contributed by atoms with E-state index >= 15 is 0 Å². The first-order valence-electron chi connectivity index (χ1n) is 14.1. The van der Waals surface area contributed by atoms with Crippen molar-refractivity contribution < 1.29 is 19.9 Å². The largest absolute Gasteiger partial charge is 0.393 e. The summed E-state index contributed by atoms with van der Waals surface area (Å²) < 4.78 is 0. The van der Waals surface area contributed by atoms with E-state index < -0.39 is 21.2 Å². The molecule has 40 heavy (non-hydrogen) atoms. The van der Waals surface area contributed by atoms with Gasteiger partial charge in [-0.05, 0) is 86.5 Å². The molecule has 0 bridgehead atoms. The number of hydrogen-bond donors (Lipinski definition) is 2. The van der Waals surface area contributed by atoms with Crippen molar-refractivity contribution in [2.24, 2.45) is 45.5 Å². The third kappa shape index (κ3) is 4.65. The van der Waals surface area contributed by atoms with Gasteiger partial charge in [-0.1, -0.05) is 25.5 Å². The number of nitro benzene ring substituents is 2. The van der Waals surface area contributed by atoms with Crippen LogP contribution in [0.5, 0.6) is 0 Å². The standard InChI is InChI=1S/C28H37N5O7/c1-16(29-30-24-7-5-19(32(37)38)14-25(24)33(39)40)26-17(15-31(35)36)12-23-21-6-4-18-13-20(34)8-10-27(18,2)22(21)9-11-28(23,26)3/h4-5,7,14,17,20-23,26,30,34H,6,8-13,15H2,1-3H3/t17-,20+,21+,22-,23-,26-,27+,28+/m1/s1. The second-order valence-corrected chi connectivity index (χ2v) is 12.8. The molecule has 0 spiro atoms. The van der Waals surface area contributed by atoms with Crippen LogP contribution in [0.25, 0.3) is 0 Å². The molecule has 0 unspecified atom stereocenters. The van der Waals surface area contributed by atoms with Gasteiger partial charge in [-0.25, -0.2) is 0 Å². The molecular formula is C28H37N5O7. The van der Waals surface area contributed by atoms with Gasteiger partial charge < -0.3 is 5.11 Å². The molecule has 0 saturated heterocycles. The number of aliphatic hydroxyl groups excluding tert-OH is 1. The van der Waals surface area contributed by atoms with Crippen LogP contribution in [0.2, 0.25) is 0 Å². The van der Waals surface area contributed by atoms with Gasteiger partial charge in [-0.2, -0.15) is 5.10 Å². The average Bonchev–Trinajstić information content (AvgIpc) is 3.18. The predicted molar refractivity (Wildman–Crippen MR) is 148 cm³/mol. The number of nitrogens with zero attached hydrogens (tertiary/aromatic N) is 4. The quantitative estimate of drug-likeness (QED) is 0.185. The molecule has 216 valence electrons. The summed E-state index contributed by atoms with van der Waals surface area (Å²) >= 11 is 0. The molecule has 4 aliphatic rings. The van der Waals surface area contributed by atoms with Crippen LogP contribution >= 0.6 is 0 Å². The van der Waals surface area contributed by atoms with Gasteiger partial charge in [0.1, 0.15) is 5.69 Å². The molecule has 12 heteroatoms. The summed E-state index contributed by atoms with van der Waals surface area (Å²) in [5, 5.41) is 49.2. The molecule has 0 radical (unpaired) electrons. The highest BCUT2D eigenvalue weighted by Crippen LogP contribution is 2.67. The maximum Gasteiger partial charge on any atom is 0.301 e. The highest BCUT2D eigenvalue weighted by Gasteiger charge is 2.62. The Morgan fingerprint density at radius 3 is 2.52 bits per heavy atom. The molecule has 1 aromatic carbocycles. The van der Waals surface area contributed by atoms with Gasteiger partial charge in [0, 0.05) is 28.5 Å². The Morgan fingerprint density at radius 2 is 1.85 bits per heavy atom. The fourth-order valence-corrected chi connectivity index (χ4v) is 9.11. The van der Waals surface area contributed by atoms with Crippen molar-refractivity contribution in [3.8, 4) is 0 Å². The number of benzene rings is 1. The molecule has 5 rings (SSSR count). The first-order chi connectivity index (χ1) is 18.8. The molecule has 3 saturated carbocycles. The smallest absolute Gasteiger partial charge is 0.301 e. The molecule has 12 nitrogen and oxygen atoms in total. The molecule has 2 N–H and O–H groups in total. The topological polar surface area (TPSA) is 174 Å². The van der Waals surface area contributed by atoms with Gasteiger partial charge in [0.25, 0.3) is 5.69 Å². The molecular weight excluding hydrogens is 518 g/mol. The van der Waals surface area contributed by atoms with E-state index in [1.54, 1.807) is 0 Å². The van der Waals surface area contributed by atoms with Gasteiger partial charge >= 0.3 is 5.69 Å². The number of hydrogen-bond acceptors (Lipinski definition) is 9. The first-order valence-corrected chi connectivity index (χ1v) is 14.1. The lowest BCUT2D eigenvalue weighted by atomic mass is 9.47. The molecule has 3 fully saturated rings. The van der Waals surface area contributed by atoms with Crippen molar-refractivity contribution in [1.29, 1.82) is 0 Å². The molecule has 0 aromatic heterocycles. The monoisotopic (exact) mass is 555 g/mol. The zero-order valence-electron chi connectivity index (χ0n) is 23.1. The van der Waals surface area contributed by atoms with Crippen LogP contribution in [0.1, 0.15) is 65.7 Å². The second-order valence-electron chi connectivity index (χ2n) is 12.8. The molecule has 0 heterocycles. The lowest BCUT2D eigenvalue weighted by Gasteiger charge is -2.58. The summed E-state index contributed by atoms with van der Waals surface area (Å²) in [6, 6.07) is 3.34. The third-order valence-electron chi connectivity index (χ3n) is 10.8. The number of nitrogens with one attached hydrogen (secondary N) is 1. The lowest BCUT2D eigenvalue weighted by Crippen LogP contribution is -2.51. The SMILES string of the molecule is CC(=NNc1ccc([N+](=O)[O-])cc1[N+](=O)[O-])[C@@H]1[C@@H](C[N+](=O)[O-])C[C@@H]2[C@H]3CC=C4C[C@@H](O)CC[C@]4(C)[C@@H]3CC[C@@]21C. The predicted octanol–water partition coefficient (Wildman–Crippen LogP) is 5.73. The highest BCUT2D eigenvalue weighted by atomic mass is 16.6. The molecule has 4 aliphatic carbocycles. The van der Waals surface area contributed by atoms with E-state index in [2.05, 4.69) is 30.5 Å². The Labute approximate surface area is 232 Å². The van der Waals surface area contributed by atoms with Crippen molar-refractivity contribution >= 4 is 22.8 Å². The number of rotatable bonds is 7.